The van der Waals surface area contributed by atoms with E-state index in [0.717, 1.165) is 0 Å². The van der Waals surface area contributed by atoms with E-state index in [-0.39, 0.29) is 5.91 Å². The van der Waals surface area contributed by atoms with Crippen LogP contribution in [0, 0.1) is 6.92 Å². The molecule has 1 amide bonds. The van der Waals surface area contributed by atoms with Crippen molar-refractivity contribution in [3.8, 4) is 0 Å². The van der Waals surface area contributed by atoms with Crippen LogP contribution in [0.3, 0.4) is 0 Å². The molecule has 0 fully saturated rings. The number of nitrogens with one attached hydrogen (secondary N) is 1. The first-order valence-electron chi connectivity index (χ1n) is 7.28. The molecule has 0 saturated heterocycles. The zero-order valence-electron chi connectivity index (χ0n) is 13.4. The molecule has 0 aliphatic heterocycles. The number of aromatic nitrogens is 2. The number of benzene rings is 1. The highest BCUT2D eigenvalue weighted by Gasteiger charge is 2.28. The Kier molecular flexibility index (Phi) is 4.24. The van der Waals surface area contributed by atoms with Crippen molar-refractivity contribution in [3.63, 3.8) is 0 Å². The Hall–Kier alpha value is -2.11. The summed E-state index contributed by atoms with van der Waals surface area (Å²) in [5.74, 6) is -0.286. The molecular weight excluding hydrogens is 349 g/mol. The third kappa shape index (κ3) is 2.97. The fraction of sp³-hybridized carbons (Fsp3) is 0.235. The van der Waals surface area contributed by atoms with Crippen molar-refractivity contribution in [1.82, 2.24) is 15.5 Å². The van der Waals surface area contributed by atoms with Crippen LogP contribution >= 0.6 is 23.2 Å². The summed E-state index contributed by atoms with van der Waals surface area (Å²) >= 11 is 12.5. The zero-order chi connectivity index (χ0) is 17.5. The first kappa shape index (κ1) is 16.7. The van der Waals surface area contributed by atoms with E-state index in [2.05, 4.69) is 15.5 Å². The van der Waals surface area contributed by atoms with Gasteiger partial charge in [0, 0.05) is 21.8 Å². The lowest BCUT2D eigenvalue weighted by molar-refractivity contribution is 0.0912. The zero-order valence-corrected chi connectivity index (χ0v) is 14.9. The van der Waals surface area contributed by atoms with Crippen LogP contribution in [0.25, 0.3) is 11.1 Å². The minimum atomic E-state index is -0.759. The first-order chi connectivity index (χ1) is 11.3. The van der Waals surface area contributed by atoms with E-state index < -0.39 is 5.54 Å². The van der Waals surface area contributed by atoms with Gasteiger partial charge >= 0.3 is 0 Å². The van der Waals surface area contributed by atoms with Crippen LogP contribution in [0.2, 0.25) is 10.0 Å². The number of aryl methyl sites for hydroxylation is 1. The molecule has 1 aromatic carbocycles. The second kappa shape index (κ2) is 6.07. The lowest BCUT2D eigenvalue weighted by atomic mass is 9.93. The summed E-state index contributed by atoms with van der Waals surface area (Å²) < 4.78 is 5.06. The van der Waals surface area contributed by atoms with Gasteiger partial charge in [0.15, 0.2) is 0 Å². The summed E-state index contributed by atoms with van der Waals surface area (Å²) in [7, 11) is 0. The van der Waals surface area contributed by atoms with E-state index >= 15 is 0 Å². The van der Waals surface area contributed by atoms with Gasteiger partial charge in [0.05, 0.1) is 22.2 Å². The van der Waals surface area contributed by atoms with Gasteiger partial charge in [0.2, 0.25) is 0 Å². The van der Waals surface area contributed by atoms with Gasteiger partial charge in [-0.15, -0.1) is 0 Å². The number of nitrogens with zero attached hydrogens (tertiary/aromatic N) is 2. The molecule has 1 N–H and O–H groups in total. The number of rotatable bonds is 3. The quantitative estimate of drug-likeness (QED) is 0.743. The number of pyridine rings is 1. The van der Waals surface area contributed by atoms with Crippen molar-refractivity contribution in [2.24, 2.45) is 0 Å². The number of hydrogen-bond donors (Lipinski definition) is 1. The highest BCUT2D eigenvalue weighted by molar-refractivity contribution is 6.36. The Morgan fingerprint density at radius 3 is 2.58 bits per heavy atom. The van der Waals surface area contributed by atoms with E-state index in [1.54, 1.807) is 31.2 Å². The highest BCUT2D eigenvalue weighted by Crippen LogP contribution is 2.34. The average Bonchev–Trinajstić information content (AvgIpc) is 2.87. The van der Waals surface area contributed by atoms with E-state index in [1.165, 1.54) is 6.20 Å². The molecule has 0 saturated carbocycles. The molecule has 0 aliphatic rings. The molecule has 0 aliphatic carbocycles. The number of halogens is 2. The topological polar surface area (TPSA) is 68.0 Å². The summed E-state index contributed by atoms with van der Waals surface area (Å²) in [6.45, 7) is 5.48. The molecule has 2 aromatic heterocycles. The van der Waals surface area contributed by atoms with E-state index in [1.807, 2.05) is 13.8 Å². The minimum Gasteiger partial charge on any atom is -0.343 e. The maximum atomic E-state index is 12.6. The van der Waals surface area contributed by atoms with Crippen molar-refractivity contribution >= 4 is 40.2 Å². The fourth-order valence-electron chi connectivity index (χ4n) is 2.58. The third-order valence-corrected chi connectivity index (χ3v) is 4.42. The Morgan fingerprint density at radius 2 is 1.92 bits per heavy atom. The lowest BCUT2D eigenvalue weighted by Crippen LogP contribution is -2.41. The Bertz CT molecular complexity index is 914. The van der Waals surface area contributed by atoms with E-state index in [9.17, 15) is 4.79 Å². The molecule has 0 radical (unpaired) electrons. The van der Waals surface area contributed by atoms with Crippen molar-refractivity contribution < 1.29 is 9.32 Å². The summed E-state index contributed by atoms with van der Waals surface area (Å²) in [5.41, 5.74) is 1.39. The van der Waals surface area contributed by atoms with Crippen LogP contribution < -0.4 is 5.32 Å². The van der Waals surface area contributed by atoms with Crippen LogP contribution in [0.1, 0.15) is 35.5 Å². The number of hydrogen-bond acceptors (Lipinski definition) is 4. The Balaban J connectivity index is 1.93. The largest absolute Gasteiger partial charge is 0.343 e. The van der Waals surface area contributed by atoms with Crippen molar-refractivity contribution in [3.05, 3.63) is 57.3 Å². The average molecular weight is 364 g/mol. The Morgan fingerprint density at radius 1 is 1.25 bits per heavy atom. The molecule has 0 unspecified atom stereocenters. The SMILES string of the molecule is Cc1noc2ncc(C(=O)NC(C)(C)c3c(Cl)cccc3Cl)cc12. The van der Waals surface area contributed by atoms with Crippen molar-refractivity contribution in [1.29, 1.82) is 0 Å². The van der Waals surface area contributed by atoms with Gasteiger partial charge in [0.25, 0.3) is 11.6 Å². The molecule has 7 heteroatoms. The molecule has 124 valence electrons. The molecule has 3 aromatic rings. The van der Waals surface area contributed by atoms with E-state index in [4.69, 9.17) is 27.7 Å². The molecule has 0 atom stereocenters. The number of carbonyl (C=O) groups excluding carboxylic acids is 1. The van der Waals surface area contributed by atoms with Crippen molar-refractivity contribution in [2.75, 3.05) is 0 Å². The second-order valence-electron chi connectivity index (χ2n) is 6.02. The lowest BCUT2D eigenvalue weighted by Gasteiger charge is -2.28. The molecule has 24 heavy (non-hydrogen) atoms. The summed E-state index contributed by atoms with van der Waals surface area (Å²) in [6.07, 6.45) is 1.45. The van der Waals surface area contributed by atoms with Gasteiger partial charge in [-0.2, -0.15) is 0 Å². The second-order valence-corrected chi connectivity index (χ2v) is 6.83. The van der Waals surface area contributed by atoms with Gasteiger partial charge in [-0.05, 0) is 39.0 Å². The molecule has 0 spiro atoms. The minimum absolute atomic E-state index is 0.286. The Labute approximate surface area is 148 Å². The molecular formula is C17H15Cl2N3O2. The smallest absolute Gasteiger partial charge is 0.257 e. The maximum Gasteiger partial charge on any atom is 0.257 e. The van der Waals surface area contributed by atoms with Crippen LogP contribution in [0.4, 0.5) is 0 Å². The summed E-state index contributed by atoms with van der Waals surface area (Å²) in [5, 5.41) is 8.48. The molecule has 0 bridgehead atoms. The maximum absolute atomic E-state index is 12.6. The van der Waals surface area contributed by atoms with E-state index in [0.29, 0.717) is 38.0 Å². The van der Waals surface area contributed by atoms with Gasteiger partial charge < -0.3 is 9.84 Å². The number of fused-ring (bicyclic) bond motifs is 1. The van der Waals surface area contributed by atoms with Gasteiger partial charge in [0.1, 0.15) is 0 Å². The van der Waals surface area contributed by atoms with Gasteiger partial charge in [-0.25, -0.2) is 4.98 Å². The summed E-state index contributed by atoms with van der Waals surface area (Å²) in [4.78, 5) is 16.8. The first-order valence-corrected chi connectivity index (χ1v) is 8.04. The number of amides is 1. The monoisotopic (exact) mass is 363 g/mol. The molecule has 5 nitrogen and oxygen atoms in total. The van der Waals surface area contributed by atoms with Crippen LogP contribution in [0.5, 0.6) is 0 Å². The fourth-order valence-corrected chi connectivity index (χ4v) is 3.45. The van der Waals surface area contributed by atoms with Gasteiger partial charge in [-0.1, -0.05) is 34.4 Å². The highest BCUT2D eigenvalue weighted by atomic mass is 35.5. The predicted octanol–water partition coefficient (Wildman–Crippen LogP) is 4.50. The summed E-state index contributed by atoms with van der Waals surface area (Å²) in [6, 6.07) is 6.95. The van der Waals surface area contributed by atoms with Crippen molar-refractivity contribution in [2.45, 2.75) is 26.3 Å². The number of carbonyl (C=O) groups is 1. The van der Waals surface area contributed by atoms with Gasteiger partial charge in [-0.3, -0.25) is 4.79 Å². The van der Waals surface area contributed by atoms with Crippen LogP contribution in [-0.4, -0.2) is 16.0 Å². The van der Waals surface area contributed by atoms with Crippen LogP contribution in [0.15, 0.2) is 35.0 Å². The normalized spacial score (nSPS) is 11.7. The standard InChI is InChI=1S/C17H15Cl2N3O2/c1-9-11-7-10(8-20-16(11)24-22-9)15(23)21-17(2,3)14-12(18)5-4-6-13(14)19/h4-8H,1-3H3,(H,21,23). The molecule has 3 rings (SSSR count). The molecule has 2 heterocycles. The predicted molar refractivity (Wildman–Crippen MR) is 93.5 cm³/mol. The van der Waals surface area contributed by atoms with Crippen LogP contribution in [-0.2, 0) is 5.54 Å². The third-order valence-electron chi connectivity index (χ3n) is 3.79.